The number of unbranched alkanes of at least 4 members (excludes halogenated alkanes) is 6. The summed E-state index contributed by atoms with van der Waals surface area (Å²) >= 11 is 0. The van der Waals surface area contributed by atoms with Gasteiger partial charge in [-0.2, -0.15) is 0 Å². The van der Waals surface area contributed by atoms with Gasteiger partial charge in [-0.15, -0.1) is 0 Å². The number of rotatable bonds is 15. The van der Waals surface area contributed by atoms with Gasteiger partial charge in [0, 0.05) is 33.7 Å². The lowest BCUT2D eigenvalue weighted by molar-refractivity contribution is 0.0517. The molecule has 0 fully saturated rings. The Morgan fingerprint density at radius 2 is 1.14 bits per heavy atom. The Bertz CT molecular complexity index is 1380. The molecule has 3 aromatic carbocycles. The molecule has 0 atom stereocenters. The molecule has 0 N–H and O–H groups in total. The Morgan fingerprint density at radius 1 is 0.643 bits per heavy atom. The normalized spacial score (nSPS) is 12.9. The molecule has 6 heteroatoms. The first kappa shape index (κ1) is 31.4. The minimum absolute atomic E-state index is 0.0820. The fourth-order valence-electron chi connectivity index (χ4n) is 6.71. The van der Waals surface area contributed by atoms with Crippen LogP contribution in [-0.2, 0) is 0 Å². The summed E-state index contributed by atoms with van der Waals surface area (Å²) < 4.78 is 17.2. The van der Waals surface area contributed by atoms with Gasteiger partial charge >= 0.3 is 0 Å². The van der Waals surface area contributed by atoms with Gasteiger partial charge in [-0.1, -0.05) is 83.4 Å². The van der Waals surface area contributed by atoms with Gasteiger partial charge in [-0.05, 0) is 55.3 Å². The van der Waals surface area contributed by atoms with E-state index in [1.165, 1.54) is 12.8 Å². The molecule has 0 radical (unpaired) electrons. The maximum atomic E-state index is 14.1. The van der Waals surface area contributed by atoms with Crippen LogP contribution in [0.2, 0.25) is 0 Å². The van der Waals surface area contributed by atoms with Gasteiger partial charge in [0.15, 0.2) is 11.5 Å². The maximum Gasteiger partial charge on any atom is 0.261 e. The molecule has 0 saturated carbocycles. The first-order chi connectivity index (χ1) is 20.4. The molecule has 0 unspecified atom stereocenters. The average Bonchev–Trinajstić information content (AvgIpc) is 2.99. The van der Waals surface area contributed by atoms with Gasteiger partial charge in [-0.25, -0.2) is 0 Å². The largest absolute Gasteiger partial charge is 0.492 e. The van der Waals surface area contributed by atoms with Crippen LogP contribution < -0.4 is 14.2 Å². The highest BCUT2D eigenvalue weighted by atomic mass is 16.5. The van der Waals surface area contributed by atoms with Crippen molar-refractivity contribution in [3.05, 3.63) is 52.6 Å². The zero-order chi connectivity index (χ0) is 30.4. The van der Waals surface area contributed by atoms with Gasteiger partial charge in [0.1, 0.15) is 0 Å². The highest BCUT2D eigenvalue weighted by Gasteiger charge is 2.38. The predicted molar refractivity (Wildman–Crippen MR) is 170 cm³/mol. The van der Waals surface area contributed by atoms with Crippen molar-refractivity contribution < 1.29 is 23.8 Å². The van der Waals surface area contributed by atoms with E-state index in [4.69, 9.17) is 14.2 Å². The van der Waals surface area contributed by atoms with E-state index in [0.717, 1.165) is 84.4 Å². The number of carbonyl (C=O) groups excluding carboxylic acids is 2. The summed E-state index contributed by atoms with van der Waals surface area (Å²) in [6.07, 6.45) is 10.7. The molecule has 1 aliphatic heterocycles. The third-order valence-electron chi connectivity index (χ3n) is 8.81. The number of amides is 2. The van der Waals surface area contributed by atoms with Crippen LogP contribution in [0.1, 0.15) is 110 Å². The number of hydrogen-bond donors (Lipinski definition) is 0. The number of benzene rings is 3. The summed E-state index contributed by atoms with van der Waals surface area (Å²) in [5, 5.41) is 1.60. The van der Waals surface area contributed by atoms with Crippen molar-refractivity contribution in [3.63, 3.8) is 0 Å². The number of ether oxygens (including phenoxy) is 3. The van der Waals surface area contributed by atoms with E-state index in [0.29, 0.717) is 28.4 Å². The first-order valence-electron chi connectivity index (χ1n) is 15.6. The second-order valence-corrected chi connectivity index (χ2v) is 11.4. The molecule has 0 aromatic heterocycles. The highest BCUT2D eigenvalue weighted by Crippen LogP contribution is 2.50. The van der Waals surface area contributed by atoms with E-state index in [2.05, 4.69) is 13.8 Å². The van der Waals surface area contributed by atoms with Crippen molar-refractivity contribution >= 4 is 22.6 Å². The maximum absolute atomic E-state index is 14.1. The van der Waals surface area contributed by atoms with Crippen LogP contribution in [0.4, 0.5) is 0 Å². The van der Waals surface area contributed by atoms with Crippen molar-refractivity contribution in [2.75, 3.05) is 21.3 Å². The van der Waals surface area contributed by atoms with E-state index in [1.54, 1.807) is 26.2 Å². The van der Waals surface area contributed by atoms with Gasteiger partial charge in [-0.3, -0.25) is 14.5 Å². The first-order valence-corrected chi connectivity index (χ1v) is 15.6. The Morgan fingerprint density at radius 3 is 1.64 bits per heavy atom. The monoisotopic (exact) mass is 573 g/mol. The molecule has 1 aliphatic rings. The lowest BCUT2D eigenvalue weighted by Gasteiger charge is -2.34. The standard InChI is InChI=1S/C36H47NO5/c1-8-10-12-14-17-25(18-15-13-11-9-2)37-35(38)28-20-16-19-26-27(21-22-29(31(26)28)36(37)39)30-23(3)32(40-5)34(42-7)33(41-6)24(30)4/h16,19-22,25H,8-15,17-18H2,1-7H3. The Labute approximate surface area is 251 Å². The quantitative estimate of drug-likeness (QED) is 0.134. The number of nitrogens with zero attached hydrogens (tertiary/aromatic N) is 1. The van der Waals surface area contributed by atoms with E-state index in [9.17, 15) is 9.59 Å². The molecule has 0 spiro atoms. The molecule has 0 aliphatic carbocycles. The van der Waals surface area contributed by atoms with Crippen molar-refractivity contribution in [1.29, 1.82) is 0 Å². The SMILES string of the molecule is CCCCCCC(CCCCCC)N1C(=O)c2cccc3c(-c4c(C)c(OC)c(OC)c(OC)c4C)ccc(c23)C1=O. The average molecular weight is 574 g/mol. The van der Waals surface area contributed by atoms with Gasteiger partial charge in [0.2, 0.25) is 5.75 Å². The summed E-state index contributed by atoms with van der Waals surface area (Å²) in [5.41, 5.74) is 4.87. The van der Waals surface area contributed by atoms with Crippen LogP contribution in [0.5, 0.6) is 17.2 Å². The van der Waals surface area contributed by atoms with Crippen LogP contribution in [0.15, 0.2) is 30.3 Å². The zero-order valence-electron chi connectivity index (χ0n) is 26.5. The lowest BCUT2D eigenvalue weighted by atomic mass is 9.85. The molecule has 0 saturated heterocycles. The third-order valence-corrected chi connectivity index (χ3v) is 8.81. The van der Waals surface area contributed by atoms with Crippen LogP contribution in [-0.4, -0.2) is 44.1 Å². The van der Waals surface area contributed by atoms with Crippen molar-refractivity contribution in [2.45, 2.75) is 97.9 Å². The minimum Gasteiger partial charge on any atom is -0.492 e. The number of hydrogen-bond acceptors (Lipinski definition) is 5. The summed E-state index contributed by atoms with van der Waals surface area (Å²) in [7, 11) is 4.84. The van der Waals surface area contributed by atoms with Crippen LogP contribution in [0.25, 0.3) is 21.9 Å². The van der Waals surface area contributed by atoms with Crippen molar-refractivity contribution in [1.82, 2.24) is 4.90 Å². The van der Waals surface area contributed by atoms with Crippen LogP contribution in [0.3, 0.4) is 0 Å². The molecular weight excluding hydrogens is 526 g/mol. The van der Waals surface area contributed by atoms with Gasteiger partial charge in [0.05, 0.1) is 21.3 Å². The van der Waals surface area contributed by atoms with Crippen LogP contribution >= 0.6 is 0 Å². The predicted octanol–water partition coefficient (Wildman–Crippen LogP) is 9.05. The summed E-state index contributed by atoms with van der Waals surface area (Å²) in [4.78, 5) is 29.9. The number of imide groups is 1. The minimum atomic E-state index is -0.176. The fourth-order valence-corrected chi connectivity index (χ4v) is 6.71. The van der Waals surface area contributed by atoms with Gasteiger partial charge < -0.3 is 14.2 Å². The molecule has 2 amide bonds. The van der Waals surface area contributed by atoms with E-state index < -0.39 is 0 Å². The molecule has 0 bridgehead atoms. The number of carbonyl (C=O) groups is 2. The Balaban J connectivity index is 1.83. The topological polar surface area (TPSA) is 65.1 Å². The lowest BCUT2D eigenvalue weighted by Crippen LogP contribution is -2.47. The fraction of sp³-hybridized carbons (Fsp3) is 0.500. The van der Waals surface area contributed by atoms with E-state index >= 15 is 0 Å². The molecular formula is C36H47NO5. The number of methoxy groups -OCH3 is 3. The summed E-state index contributed by atoms with van der Waals surface area (Å²) in [6, 6.07) is 9.63. The third kappa shape index (κ3) is 5.73. The molecule has 3 aromatic rings. The summed E-state index contributed by atoms with van der Waals surface area (Å²) in [5.74, 6) is 1.39. The van der Waals surface area contributed by atoms with E-state index in [1.807, 2.05) is 44.2 Å². The zero-order valence-corrected chi connectivity index (χ0v) is 26.5. The smallest absolute Gasteiger partial charge is 0.261 e. The molecule has 4 rings (SSSR count). The highest BCUT2D eigenvalue weighted by molar-refractivity contribution is 6.27. The molecule has 6 nitrogen and oxygen atoms in total. The van der Waals surface area contributed by atoms with Gasteiger partial charge in [0.25, 0.3) is 11.8 Å². The second-order valence-electron chi connectivity index (χ2n) is 11.4. The van der Waals surface area contributed by atoms with E-state index in [-0.39, 0.29) is 17.9 Å². The van der Waals surface area contributed by atoms with Crippen molar-refractivity contribution in [2.24, 2.45) is 0 Å². The second kappa shape index (κ2) is 14.1. The van der Waals surface area contributed by atoms with Crippen molar-refractivity contribution in [3.8, 4) is 28.4 Å². The molecule has 1 heterocycles. The van der Waals surface area contributed by atoms with Crippen LogP contribution in [0, 0.1) is 13.8 Å². The molecule has 42 heavy (non-hydrogen) atoms. The molecule has 226 valence electrons. The Hall–Kier alpha value is -3.54. The Kier molecular flexibility index (Phi) is 10.5. The summed E-state index contributed by atoms with van der Waals surface area (Å²) in [6.45, 7) is 8.40.